The molecule has 0 fully saturated rings. The minimum Gasteiger partial charge on any atom is -0.497 e. The SMILES string of the molecule is COc1ccc(C(=O)OCC(=O)NCCc2c[nH]c3ccccc23)cc1. The molecule has 1 amide bonds. The first-order valence-corrected chi connectivity index (χ1v) is 8.30. The predicted octanol–water partition coefficient (Wildman–Crippen LogP) is 2.69. The first kappa shape index (κ1) is 17.5. The molecule has 0 atom stereocenters. The third-order valence-corrected chi connectivity index (χ3v) is 4.05. The number of H-pyrrole nitrogens is 1. The van der Waals surface area contributed by atoms with Crippen molar-refractivity contribution in [3.63, 3.8) is 0 Å². The normalized spacial score (nSPS) is 10.5. The Balaban J connectivity index is 1.43. The van der Waals surface area contributed by atoms with Gasteiger partial charge in [0.05, 0.1) is 12.7 Å². The Hall–Kier alpha value is -3.28. The monoisotopic (exact) mass is 352 g/mol. The topological polar surface area (TPSA) is 80.4 Å². The van der Waals surface area contributed by atoms with Crippen LogP contribution in [0.4, 0.5) is 0 Å². The Morgan fingerprint density at radius 1 is 1.08 bits per heavy atom. The number of amides is 1. The van der Waals surface area contributed by atoms with Crippen molar-refractivity contribution in [3.8, 4) is 5.75 Å². The summed E-state index contributed by atoms with van der Waals surface area (Å²) in [5, 5.41) is 3.91. The van der Waals surface area contributed by atoms with Crippen molar-refractivity contribution in [1.29, 1.82) is 0 Å². The lowest BCUT2D eigenvalue weighted by Crippen LogP contribution is -2.30. The summed E-state index contributed by atoms with van der Waals surface area (Å²) in [7, 11) is 1.55. The molecule has 0 spiro atoms. The largest absolute Gasteiger partial charge is 0.497 e. The molecule has 0 saturated carbocycles. The summed E-state index contributed by atoms with van der Waals surface area (Å²) >= 11 is 0. The van der Waals surface area contributed by atoms with Crippen LogP contribution in [0.5, 0.6) is 5.75 Å². The van der Waals surface area contributed by atoms with Crippen molar-refractivity contribution < 1.29 is 19.1 Å². The van der Waals surface area contributed by atoms with Gasteiger partial charge in [0.15, 0.2) is 6.61 Å². The van der Waals surface area contributed by atoms with Crippen molar-refractivity contribution >= 4 is 22.8 Å². The molecular weight excluding hydrogens is 332 g/mol. The number of nitrogens with one attached hydrogen (secondary N) is 2. The van der Waals surface area contributed by atoms with E-state index in [1.54, 1.807) is 31.4 Å². The second-order valence-electron chi connectivity index (χ2n) is 5.76. The minimum atomic E-state index is -0.542. The number of carbonyl (C=O) groups excluding carboxylic acids is 2. The van der Waals surface area contributed by atoms with Gasteiger partial charge in [0, 0.05) is 23.6 Å². The summed E-state index contributed by atoms with van der Waals surface area (Å²) < 4.78 is 10.1. The molecular formula is C20H20N2O4. The molecule has 0 aliphatic heterocycles. The maximum atomic E-state index is 11.9. The number of esters is 1. The average molecular weight is 352 g/mol. The lowest BCUT2D eigenvalue weighted by atomic mass is 10.1. The Labute approximate surface area is 151 Å². The quantitative estimate of drug-likeness (QED) is 0.641. The molecule has 0 aliphatic rings. The van der Waals surface area contributed by atoms with E-state index in [2.05, 4.69) is 10.3 Å². The molecule has 1 aromatic heterocycles. The Morgan fingerprint density at radius 3 is 2.62 bits per heavy atom. The van der Waals surface area contributed by atoms with E-state index in [-0.39, 0.29) is 12.5 Å². The Morgan fingerprint density at radius 2 is 1.85 bits per heavy atom. The van der Waals surface area contributed by atoms with Crippen molar-refractivity contribution in [2.45, 2.75) is 6.42 Å². The van der Waals surface area contributed by atoms with Gasteiger partial charge in [-0.2, -0.15) is 0 Å². The number of ether oxygens (including phenoxy) is 2. The van der Waals surface area contributed by atoms with Gasteiger partial charge in [-0.3, -0.25) is 4.79 Å². The molecule has 1 heterocycles. The summed E-state index contributed by atoms with van der Waals surface area (Å²) in [6.45, 7) is 0.166. The molecule has 134 valence electrons. The molecule has 0 unspecified atom stereocenters. The molecule has 2 N–H and O–H groups in total. The van der Waals surface area contributed by atoms with E-state index in [0.29, 0.717) is 24.3 Å². The summed E-state index contributed by atoms with van der Waals surface area (Å²) in [6.07, 6.45) is 2.64. The number of aromatic amines is 1. The van der Waals surface area contributed by atoms with Gasteiger partial charge >= 0.3 is 5.97 Å². The van der Waals surface area contributed by atoms with Gasteiger partial charge in [0.2, 0.25) is 0 Å². The van der Waals surface area contributed by atoms with Crippen LogP contribution >= 0.6 is 0 Å². The number of rotatable bonds is 7. The van der Waals surface area contributed by atoms with Crippen molar-refractivity contribution in [3.05, 3.63) is 65.9 Å². The molecule has 26 heavy (non-hydrogen) atoms. The van der Waals surface area contributed by atoms with Gasteiger partial charge in [-0.1, -0.05) is 18.2 Å². The average Bonchev–Trinajstić information content (AvgIpc) is 3.09. The number of aromatic nitrogens is 1. The molecule has 3 rings (SSSR count). The highest BCUT2D eigenvalue weighted by Gasteiger charge is 2.10. The van der Waals surface area contributed by atoms with E-state index in [1.165, 1.54) is 0 Å². The highest BCUT2D eigenvalue weighted by atomic mass is 16.5. The van der Waals surface area contributed by atoms with Crippen LogP contribution in [0.1, 0.15) is 15.9 Å². The van der Waals surface area contributed by atoms with Crippen LogP contribution < -0.4 is 10.1 Å². The fourth-order valence-corrected chi connectivity index (χ4v) is 2.67. The molecule has 6 heteroatoms. The Bertz CT molecular complexity index is 900. The number of hydrogen-bond acceptors (Lipinski definition) is 4. The third-order valence-electron chi connectivity index (χ3n) is 4.05. The minimum absolute atomic E-state index is 0.307. The highest BCUT2D eigenvalue weighted by Crippen LogP contribution is 2.17. The van der Waals surface area contributed by atoms with Gasteiger partial charge in [0.25, 0.3) is 5.91 Å². The fourth-order valence-electron chi connectivity index (χ4n) is 2.67. The molecule has 0 saturated heterocycles. The maximum absolute atomic E-state index is 11.9. The zero-order chi connectivity index (χ0) is 18.4. The standard InChI is InChI=1S/C20H20N2O4/c1-25-16-8-6-14(7-9-16)20(24)26-13-19(23)21-11-10-15-12-22-18-5-3-2-4-17(15)18/h2-9,12,22H,10-11,13H2,1H3,(H,21,23). The van der Waals surface area contributed by atoms with Gasteiger partial charge in [-0.05, 0) is 42.3 Å². The summed E-state index contributed by atoms with van der Waals surface area (Å²) in [5.41, 5.74) is 2.58. The number of methoxy groups -OCH3 is 1. The van der Waals surface area contributed by atoms with Crippen LogP contribution in [0.3, 0.4) is 0 Å². The van der Waals surface area contributed by atoms with E-state index in [1.807, 2.05) is 30.5 Å². The molecule has 0 aliphatic carbocycles. The molecule has 0 radical (unpaired) electrons. The first-order chi connectivity index (χ1) is 12.7. The number of hydrogen-bond donors (Lipinski definition) is 2. The molecule has 3 aromatic rings. The van der Waals surface area contributed by atoms with Crippen LogP contribution in [0, 0.1) is 0 Å². The van der Waals surface area contributed by atoms with E-state index in [9.17, 15) is 9.59 Å². The summed E-state index contributed by atoms with van der Waals surface area (Å²) in [6, 6.07) is 14.5. The lowest BCUT2D eigenvalue weighted by Gasteiger charge is -2.07. The summed E-state index contributed by atoms with van der Waals surface area (Å²) in [4.78, 5) is 27.0. The second kappa shape index (κ2) is 8.20. The van der Waals surface area contributed by atoms with Gasteiger partial charge in [-0.25, -0.2) is 4.79 Å². The van der Waals surface area contributed by atoms with Crippen LogP contribution in [0.2, 0.25) is 0 Å². The van der Waals surface area contributed by atoms with Crippen LogP contribution in [0.25, 0.3) is 10.9 Å². The van der Waals surface area contributed by atoms with Gasteiger partial charge in [-0.15, -0.1) is 0 Å². The van der Waals surface area contributed by atoms with Crippen LogP contribution in [0.15, 0.2) is 54.7 Å². The highest BCUT2D eigenvalue weighted by molar-refractivity contribution is 5.91. The van der Waals surface area contributed by atoms with Crippen molar-refractivity contribution in [2.75, 3.05) is 20.3 Å². The predicted molar refractivity (Wildman–Crippen MR) is 98.3 cm³/mol. The van der Waals surface area contributed by atoms with Gasteiger partial charge < -0.3 is 19.8 Å². The smallest absolute Gasteiger partial charge is 0.338 e. The van der Waals surface area contributed by atoms with Crippen LogP contribution in [-0.2, 0) is 16.0 Å². The molecule has 0 bridgehead atoms. The van der Waals surface area contributed by atoms with E-state index in [0.717, 1.165) is 16.5 Å². The van der Waals surface area contributed by atoms with Crippen molar-refractivity contribution in [1.82, 2.24) is 10.3 Å². The van der Waals surface area contributed by atoms with E-state index >= 15 is 0 Å². The maximum Gasteiger partial charge on any atom is 0.338 e. The zero-order valence-electron chi connectivity index (χ0n) is 14.5. The zero-order valence-corrected chi connectivity index (χ0v) is 14.5. The number of para-hydroxylation sites is 1. The third kappa shape index (κ3) is 4.22. The van der Waals surface area contributed by atoms with Crippen LogP contribution in [-0.4, -0.2) is 37.1 Å². The number of fused-ring (bicyclic) bond motifs is 1. The lowest BCUT2D eigenvalue weighted by molar-refractivity contribution is -0.124. The molecule has 6 nitrogen and oxygen atoms in total. The fraction of sp³-hybridized carbons (Fsp3) is 0.200. The number of benzene rings is 2. The Kier molecular flexibility index (Phi) is 5.53. The number of carbonyl (C=O) groups is 2. The van der Waals surface area contributed by atoms with E-state index < -0.39 is 5.97 Å². The first-order valence-electron chi connectivity index (χ1n) is 8.30. The van der Waals surface area contributed by atoms with Crippen molar-refractivity contribution in [2.24, 2.45) is 0 Å². The molecule has 2 aromatic carbocycles. The van der Waals surface area contributed by atoms with E-state index in [4.69, 9.17) is 9.47 Å². The second-order valence-corrected chi connectivity index (χ2v) is 5.76. The van der Waals surface area contributed by atoms with Gasteiger partial charge in [0.1, 0.15) is 5.75 Å². The summed E-state index contributed by atoms with van der Waals surface area (Å²) in [5.74, 6) is -0.220.